The molecule has 0 radical (unpaired) electrons. The number of hydrogen-bond acceptors (Lipinski definition) is 4. The highest BCUT2D eigenvalue weighted by Gasteiger charge is 2.26. The van der Waals surface area contributed by atoms with Crippen LogP contribution < -0.4 is 11.1 Å². The van der Waals surface area contributed by atoms with Crippen LogP contribution in [0.2, 0.25) is 0 Å². The van der Waals surface area contributed by atoms with Crippen molar-refractivity contribution in [1.29, 1.82) is 0 Å². The van der Waals surface area contributed by atoms with Gasteiger partial charge in [0.2, 0.25) is 11.8 Å². The lowest BCUT2D eigenvalue weighted by Crippen LogP contribution is -2.49. The number of nitrogens with two attached hydrogens (primary N) is 1. The molecule has 0 bridgehead atoms. The molecule has 5 nitrogen and oxygen atoms in total. The van der Waals surface area contributed by atoms with Crippen LogP contribution in [0.5, 0.6) is 0 Å². The van der Waals surface area contributed by atoms with Crippen molar-refractivity contribution in [2.24, 2.45) is 5.73 Å². The van der Waals surface area contributed by atoms with Crippen LogP contribution in [-0.4, -0.2) is 48.1 Å². The van der Waals surface area contributed by atoms with Gasteiger partial charge >= 0.3 is 0 Å². The quantitative estimate of drug-likeness (QED) is 0.654. The van der Waals surface area contributed by atoms with Crippen LogP contribution in [0, 0.1) is 5.82 Å². The second kappa shape index (κ2) is 12.1. The molecule has 2 rings (SSSR count). The van der Waals surface area contributed by atoms with E-state index in [4.69, 9.17) is 5.73 Å². The van der Waals surface area contributed by atoms with Gasteiger partial charge in [-0.05, 0) is 31.4 Å². The van der Waals surface area contributed by atoms with Gasteiger partial charge in [-0.2, -0.15) is 0 Å². The Labute approximate surface area is 164 Å². The first kappa shape index (κ1) is 22.7. The molecule has 1 fully saturated rings. The van der Waals surface area contributed by atoms with Gasteiger partial charge in [-0.1, -0.05) is 12.1 Å². The van der Waals surface area contributed by atoms with E-state index in [2.05, 4.69) is 5.32 Å². The fourth-order valence-corrected chi connectivity index (χ4v) is 3.82. The molecule has 1 aliphatic heterocycles. The lowest BCUT2D eigenvalue weighted by Gasteiger charge is -2.36. The van der Waals surface area contributed by atoms with Gasteiger partial charge in [-0.15, -0.1) is 24.2 Å². The first-order chi connectivity index (χ1) is 12.1. The van der Waals surface area contributed by atoms with E-state index in [0.29, 0.717) is 36.6 Å². The largest absolute Gasteiger partial charge is 0.354 e. The highest BCUT2D eigenvalue weighted by molar-refractivity contribution is 7.99. The maximum atomic E-state index is 13.6. The number of amides is 2. The average Bonchev–Trinajstić information content (AvgIpc) is 2.62. The van der Waals surface area contributed by atoms with Crippen molar-refractivity contribution < 1.29 is 14.0 Å². The van der Waals surface area contributed by atoms with E-state index in [1.807, 2.05) is 4.90 Å². The second-order valence-electron chi connectivity index (χ2n) is 6.11. The molecule has 8 heteroatoms. The van der Waals surface area contributed by atoms with E-state index in [1.54, 1.807) is 18.2 Å². The molecule has 1 unspecified atom stereocenters. The molecule has 0 saturated carbocycles. The molecule has 3 N–H and O–H groups in total. The number of halogens is 2. The van der Waals surface area contributed by atoms with Crippen molar-refractivity contribution in [3.05, 3.63) is 30.1 Å². The van der Waals surface area contributed by atoms with E-state index in [-0.39, 0.29) is 36.1 Å². The lowest BCUT2D eigenvalue weighted by atomic mass is 10.0. The molecule has 0 spiro atoms. The van der Waals surface area contributed by atoms with E-state index >= 15 is 0 Å². The smallest absolute Gasteiger partial charge is 0.223 e. The van der Waals surface area contributed by atoms with Crippen LogP contribution in [0.25, 0.3) is 0 Å². The Morgan fingerprint density at radius 1 is 1.27 bits per heavy atom. The van der Waals surface area contributed by atoms with Gasteiger partial charge in [0, 0.05) is 49.2 Å². The minimum atomic E-state index is -0.251. The number of rotatable bonds is 8. The summed E-state index contributed by atoms with van der Waals surface area (Å²) in [6, 6.07) is 6.64. The summed E-state index contributed by atoms with van der Waals surface area (Å²) >= 11 is 1.36. The summed E-state index contributed by atoms with van der Waals surface area (Å²) in [6.07, 6.45) is 3.62. The van der Waals surface area contributed by atoms with Crippen LogP contribution in [-0.2, 0) is 9.59 Å². The van der Waals surface area contributed by atoms with Crippen molar-refractivity contribution in [2.75, 3.05) is 25.4 Å². The Kier molecular flexibility index (Phi) is 10.6. The average molecular weight is 404 g/mol. The third-order valence-corrected chi connectivity index (χ3v) is 5.31. The third-order valence-electron chi connectivity index (χ3n) is 4.26. The molecule has 1 aromatic carbocycles. The Morgan fingerprint density at radius 3 is 2.77 bits per heavy atom. The Hall–Kier alpha value is -1.31. The zero-order valence-corrected chi connectivity index (χ0v) is 16.4. The van der Waals surface area contributed by atoms with Crippen molar-refractivity contribution in [2.45, 2.75) is 43.0 Å². The molecule has 1 aromatic rings. The Morgan fingerprint density at radius 2 is 2.04 bits per heavy atom. The number of nitrogens with one attached hydrogen (secondary N) is 1. The SMILES string of the molecule is Cl.NCCC(=O)NCC1CCCCN1C(=O)CCSc1ccccc1F. The van der Waals surface area contributed by atoms with Crippen molar-refractivity contribution in [3.63, 3.8) is 0 Å². The fourth-order valence-electron chi connectivity index (χ4n) is 2.95. The summed E-state index contributed by atoms with van der Waals surface area (Å²) in [7, 11) is 0. The molecule has 2 amide bonds. The molecule has 146 valence electrons. The third kappa shape index (κ3) is 7.13. The van der Waals surface area contributed by atoms with Crippen LogP contribution in [0.15, 0.2) is 29.2 Å². The van der Waals surface area contributed by atoms with Crippen LogP contribution in [0.1, 0.15) is 32.1 Å². The highest BCUT2D eigenvalue weighted by Crippen LogP contribution is 2.23. The van der Waals surface area contributed by atoms with Gasteiger partial charge in [0.1, 0.15) is 5.82 Å². The molecular weight excluding hydrogens is 377 g/mol. The maximum Gasteiger partial charge on any atom is 0.223 e. The summed E-state index contributed by atoms with van der Waals surface area (Å²) < 4.78 is 13.6. The Bertz CT molecular complexity index is 591. The first-order valence-electron chi connectivity index (χ1n) is 8.75. The maximum absolute atomic E-state index is 13.6. The highest BCUT2D eigenvalue weighted by atomic mass is 35.5. The van der Waals surface area contributed by atoms with Crippen LogP contribution >= 0.6 is 24.2 Å². The number of piperidine rings is 1. The Balaban J connectivity index is 0.00000338. The predicted molar refractivity (Wildman–Crippen MR) is 105 cm³/mol. The van der Waals surface area contributed by atoms with Crippen LogP contribution in [0.3, 0.4) is 0 Å². The van der Waals surface area contributed by atoms with Gasteiger partial charge in [0.25, 0.3) is 0 Å². The minimum absolute atomic E-state index is 0. The lowest BCUT2D eigenvalue weighted by molar-refractivity contribution is -0.135. The zero-order chi connectivity index (χ0) is 18.1. The number of nitrogens with zero attached hydrogens (tertiary/aromatic N) is 1. The molecule has 1 aliphatic rings. The predicted octanol–water partition coefficient (Wildman–Crippen LogP) is 2.58. The van der Waals surface area contributed by atoms with Gasteiger partial charge in [0.05, 0.1) is 0 Å². The summed E-state index contributed by atoms with van der Waals surface area (Å²) in [4.78, 5) is 26.6. The normalized spacial score (nSPS) is 16.7. The van der Waals surface area contributed by atoms with Crippen molar-refractivity contribution in [3.8, 4) is 0 Å². The number of carbonyl (C=O) groups excluding carboxylic acids is 2. The zero-order valence-electron chi connectivity index (χ0n) is 14.8. The van der Waals surface area contributed by atoms with Crippen molar-refractivity contribution >= 4 is 36.0 Å². The van der Waals surface area contributed by atoms with Crippen molar-refractivity contribution in [1.82, 2.24) is 10.2 Å². The molecule has 1 heterocycles. The molecular formula is C18H27ClFN3O2S. The molecule has 26 heavy (non-hydrogen) atoms. The molecule has 0 aliphatic carbocycles. The molecule has 0 aromatic heterocycles. The summed E-state index contributed by atoms with van der Waals surface area (Å²) in [5.74, 6) is 0.290. The van der Waals surface area contributed by atoms with Crippen LogP contribution in [0.4, 0.5) is 4.39 Å². The van der Waals surface area contributed by atoms with E-state index < -0.39 is 0 Å². The number of benzene rings is 1. The summed E-state index contributed by atoms with van der Waals surface area (Å²) in [5, 5.41) is 2.86. The van der Waals surface area contributed by atoms with Gasteiger partial charge < -0.3 is 16.0 Å². The van der Waals surface area contributed by atoms with Gasteiger partial charge in [0.15, 0.2) is 0 Å². The fraction of sp³-hybridized carbons (Fsp3) is 0.556. The molecule has 1 saturated heterocycles. The topological polar surface area (TPSA) is 75.4 Å². The number of thioether (sulfide) groups is 1. The van der Waals surface area contributed by atoms with E-state index in [0.717, 1.165) is 25.8 Å². The second-order valence-corrected chi connectivity index (χ2v) is 7.25. The standard InChI is InChI=1S/C18H26FN3O2S.ClH/c19-15-6-1-2-7-16(15)25-12-9-18(24)22-11-4-3-5-14(22)13-21-17(23)8-10-20;/h1-2,6-7,14H,3-5,8-13,20H2,(H,21,23);1H. The number of carbonyl (C=O) groups is 2. The monoisotopic (exact) mass is 403 g/mol. The van der Waals surface area contributed by atoms with E-state index in [1.165, 1.54) is 17.8 Å². The number of likely N-dealkylation sites (tertiary alicyclic amines) is 1. The minimum Gasteiger partial charge on any atom is -0.354 e. The summed E-state index contributed by atoms with van der Waals surface area (Å²) in [6.45, 7) is 1.53. The van der Waals surface area contributed by atoms with Gasteiger partial charge in [-0.25, -0.2) is 4.39 Å². The summed E-state index contributed by atoms with van der Waals surface area (Å²) in [5.41, 5.74) is 5.37. The first-order valence-corrected chi connectivity index (χ1v) is 9.74. The van der Waals surface area contributed by atoms with Gasteiger partial charge in [-0.3, -0.25) is 9.59 Å². The van der Waals surface area contributed by atoms with E-state index in [9.17, 15) is 14.0 Å². The molecule has 1 atom stereocenters. The number of hydrogen-bond donors (Lipinski definition) is 2.